The van der Waals surface area contributed by atoms with Gasteiger partial charge in [-0.25, -0.2) is 4.98 Å². The van der Waals surface area contributed by atoms with Crippen LogP contribution >= 0.6 is 0 Å². The Balaban J connectivity index is 1.55. The lowest BCUT2D eigenvalue weighted by atomic mass is 10.1. The van der Waals surface area contributed by atoms with Gasteiger partial charge in [-0.15, -0.1) is 0 Å². The van der Waals surface area contributed by atoms with Crippen molar-refractivity contribution in [2.24, 2.45) is 0 Å². The molecule has 1 unspecified atom stereocenters. The molecule has 1 saturated heterocycles. The van der Waals surface area contributed by atoms with Crippen LogP contribution in [0.2, 0.25) is 0 Å². The number of imidazole rings is 1. The van der Waals surface area contributed by atoms with Crippen LogP contribution in [0, 0.1) is 11.3 Å². The number of fused-ring (bicyclic) bond motifs is 2. The van der Waals surface area contributed by atoms with Gasteiger partial charge in [-0.1, -0.05) is 12.1 Å². The first-order valence-corrected chi connectivity index (χ1v) is 9.77. The molecule has 0 radical (unpaired) electrons. The van der Waals surface area contributed by atoms with Crippen molar-refractivity contribution in [1.82, 2.24) is 19.4 Å². The van der Waals surface area contributed by atoms with Gasteiger partial charge in [0.05, 0.1) is 22.8 Å². The largest absolute Gasteiger partial charge is 0.356 e. The zero-order chi connectivity index (χ0) is 20.0. The molecule has 0 bridgehead atoms. The van der Waals surface area contributed by atoms with Gasteiger partial charge in [-0.3, -0.25) is 9.20 Å². The van der Waals surface area contributed by atoms with E-state index < -0.39 is 0 Å². The van der Waals surface area contributed by atoms with Gasteiger partial charge in [-0.05, 0) is 49.6 Å². The topological polar surface area (TPSA) is 87.4 Å². The molecule has 1 fully saturated rings. The standard InChI is InChI=1S/C22H19N5O2/c1-2-16-4-3-9-26(16)22(28)15-6-7-17-19(10-15)29-25-21(17)18-12-24-20-8-5-14(11-23)13-27(18)20/h5-8,10,12-13,16H,2-4,9H2,1H3. The SMILES string of the molecule is CCC1CCCN1C(=O)c1ccc2c(-c3cnc4ccc(C#N)cn34)noc2c1. The number of hydrogen-bond donors (Lipinski definition) is 0. The Morgan fingerprint density at radius 3 is 3.07 bits per heavy atom. The third kappa shape index (κ3) is 2.76. The molecule has 144 valence electrons. The quantitative estimate of drug-likeness (QED) is 0.531. The first-order chi connectivity index (χ1) is 14.2. The molecule has 7 heteroatoms. The number of aromatic nitrogens is 3. The van der Waals surface area contributed by atoms with Gasteiger partial charge >= 0.3 is 0 Å². The van der Waals surface area contributed by atoms with Crippen LogP contribution in [0.3, 0.4) is 0 Å². The van der Waals surface area contributed by atoms with Crippen LogP contribution in [-0.4, -0.2) is 37.9 Å². The number of amides is 1. The second-order valence-electron chi connectivity index (χ2n) is 7.35. The van der Waals surface area contributed by atoms with E-state index in [1.807, 2.05) is 21.4 Å². The third-order valence-electron chi connectivity index (χ3n) is 5.71. The molecule has 0 aliphatic carbocycles. The molecule has 1 aliphatic rings. The fourth-order valence-electron chi connectivity index (χ4n) is 4.17. The van der Waals surface area contributed by atoms with Gasteiger partial charge in [0.25, 0.3) is 5.91 Å². The predicted molar refractivity (Wildman–Crippen MR) is 107 cm³/mol. The lowest BCUT2D eigenvalue weighted by Gasteiger charge is -2.23. The maximum absolute atomic E-state index is 13.0. The Hall–Kier alpha value is -3.66. The van der Waals surface area contributed by atoms with Crippen LogP contribution in [0.1, 0.15) is 42.1 Å². The Labute approximate surface area is 167 Å². The Kier molecular flexibility index (Phi) is 4.06. The van der Waals surface area contributed by atoms with E-state index in [9.17, 15) is 10.1 Å². The molecule has 1 atom stereocenters. The number of pyridine rings is 1. The summed E-state index contributed by atoms with van der Waals surface area (Å²) in [6, 6.07) is 11.5. The van der Waals surface area contributed by atoms with E-state index >= 15 is 0 Å². The van der Waals surface area contributed by atoms with Gasteiger partial charge in [0.2, 0.25) is 0 Å². The van der Waals surface area contributed by atoms with E-state index in [4.69, 9.17) is 4.52 Å². The minimum absolute atomic E-state index is 0.0441. The van der Waals surface area contributed by atoms with Gasteiger partial charge in [0.1, 0.15) is 17.4 Å². The number of benzene rings is 1. The van der Waals surface area contributed by atoms with Gasteiger partial charge in [-0.2, -0.15) is 5.26 Å². The van der Waals surface area contributed by atoms with Crippen molar-refractivity contribution in [3.63, 3.8) is 0 Å². The molecular weight excluding hydrogens is 366 g/mol. The summed E-state index contributed by atoms with van der Waals surface area (Å²) in [6.45, 7) is 2.93. The minimum atomic E-state index is 0.0441. The summed E-state index contributed by atoms with van der Waals surface area (Å²) in [5, 5.41) is 14.2. The van der Waals surface area contributed by atoms with E-state index in [2.05, 4.69) is 23.1 Å². The van der Waals surface area contributed by atoms with Crippen molar-refractivity contribution >= 4 is 22.5 Å². The molecule has 1 aliphatic heterocycles. The maximum Gasteiger partial charge on any atom is 0.254 e. The molecule has 3 aromatic heterocycles. The van der Waals surface area contributed by atoms with E-state index in [-0.39, 0.29) is 5.91 Å². The smallest absolute Gasteiger partial charge is 0.254 e. The first-order valence-electron chi connectivity index (χ1n) is 9.77. The summed E-state index contributed by atoms with van der Waals surface area (Å²) in [6.07, 6.45) is 6.53. The van der Waals surface area contributed by atoms with Crippen molar-refractivity contribution < 1.29 is 9.32 Å². The average Bonchev–Trinajstić information content (AvgIpc) is 3.49. The summed E-state index contributed by atoms with van der Waals surface area (Å²) in [5.41, 5.74) is 3.81. The number of nitriles is 1. The van der Waals surface area contributed by atoms with Crippen LogP contribution in [0.5, 0.6) is 0 Å². The van der Waals surface area contributed by atoms with Crippen LogP contribution in [0.15, 0.2) is 47.2 Å². The normalized spacial score (nSPS) is 16.6. The third-order valence-corrected chi connectivity index (χ3v) is 5.71. The number of hydrogen-bond acceptors (Lipinski definition) is 5. The Bertz CT molecular complexity index is 1280. The van der Waals surface area contributed by atoms with E-state index in [1.54, 1.807) is 30.6 Å². The summed E-state index contributed by atoms with van der Waals surface area (Å²) < 4.78 is 7.38. The van der Waals surface area contributed by atoms with Crippen molar-refractivity contribution in [3.05, 3.63) is 53.9 Å². The van der Waals surface area contributed by atoms with Crippen LogP contribution < -0.4 is 0 Å². The zero-order valence-corrected chi connectivity index (χ0v) is 16.0. The molecule has 29 heavy (non-hydrogen) atoms. The Morgan fingerprint density at radius 2 is 2.24 bits per heavy atom. The number of carbonyl (C=O) groups is 1. The number of rotatable bonds is 3. The highest BCUT2D eigenvalue weighted by atomic mass is 16.5. The van der Waals surface area contributed by atoms with E-state index in [0.717, 1.165) is 42.5 Å². The number of nitrogens with zero attached hydrogens (tertiary/aromatic N) is 5. The second kappa shape index (κ2) is 6.74. The number of likely N-dealkylation sites (tertiary alicyclic amines) is 1. The Morgan fingerprint density at radius 1 is 1.34 bits per heavy atom. The molecule has 7 nitrogen and oxygen atoms in total. The van der Waals surface area contributed by atoms with Crippen molar-refractivity contribution in [1.29, 1.82) is 5.26 Å². The molecule has 0 saturated carbocycles. The highest BCUT2D eigenvalue weighted by Crippen LogP contribution is 2.30. The van der Waals surface area contributed by atoms with Crippen molar-refractivity contribution in [2.75, 3.05) is 6.54 Å². The molecule has 0 N–H and O–H groups in total. The fraction of sp³-hybridized carbons (Fsp3) is 0.273. The summed E-state index contributed by atoms with van der Waals surface area (Å²) in [7, 11) is 0. The van der Waals surface area contributed by atoms with Gasteiger partial charge in [0.15, 0.2) is 5.58 Å². The number of carbonyl (C=O) groups excluding carboxylic acids is 1. The first kappa shape index (κ1) is 17.4. The van der Waals surface area contributed by atoms with Crippen LogP contribution in [0.4, 0.5) is 0 Å². The van der Waals surface area contributed by atoms with Gasteiger partial charge < -0.3 is 9.42 Å². The predicted octanol–water partition coefficient (Wildman–Crippen LogP) is 4.03. The van der Waals surface area contributed by atoms with E-state index in [0.29, 0.717) is 28.4 Å². The van der Waals surface area contributed by atoms with Crippen LogP contribution in [-0.2, 0) is 0 Å². The molecule has 1 aromatic carbocycles. The monoisotopic (exact) mass is 385 g/mol. The summed E-state index contributed by atoms with van der Waals surface area (Å²) in [5.74, 6) is 0.0441. The second-order valence-corrected chi connectivity index (χ2v) is 7.35. The molecule has 4 heterocycles. The van der Waals surface area contributed by atoms with Crippen LogP contribution in [0.25, 0.3) is 28.0 Å². The minimum Gasteiger partial charge on any atom is -0.356 e. The molecule has 1 amide bonds. The molecule has 5 rings (SSSR count). The summed E-state index contributed by atoms with van der Waals surface area (Å²) >= 11 is 0. The molecule has 4 aromatic rings. The maximum atomic E-state index is 13.0. The van der Waals surface area contributed by atoms with Crippen molar-refractivity contribution in [3.8, 4) is 17.5 Å². The highest BCUT2D eigenvalue weighted by Gasteiger charge is 2.28. The summed E-state index contributed by atoms with van der Waals surface area (Å²) in [4.78, 5) is 19.3. The molecular formula is C22H19N5O2. The lowest BCUT2D eigenvalue weighted by molar-refractivity contribution is 0.0733. The highest BCUT2D eigenvalue weighted by molar-refractivity contribution is 6.00. The molecule has 0 spiro atoms. The van der Waals surface area contributed by atoms with E-state index in [1.165, 1.54) is 0 Å². The van der Waals surface area contributed by atoms with Gasteiger partial charge in [0, 0.05) is 24.3 Å². The zero-order valence-electron chi connectivity index (χ0n) is 16.0. The lowest BCUT2D eigenvalue weighted by Crippen LogP contribution is -2.35. The fourth-order valence-corrected chi connectivity index (χ4v) is 4.17. The van der Waals surface area contributed by atoms with Crippen molar-refractivity contribution in [2.45, 2.75) is 32.2 Å². The average molecular weight is 385 g/mol.